The Kier molecular flexibility index (Phi) is 32.8. The molecule has 0 spiro atoms. The van der Waals surface area contributed by atoms with Gasteiger partial charge in [-0.2, -0.15) is 0 Å². The SMILES string of the molecule is CCCCOC(=O)c1ccc(N)cc1.CCCCOC(=O)c1ccc(Nc2nnc(-c3ccc(OC)cc3)c3ccccc23)cc1.CCCCOC(=O)c1ccc(Nc2nnc(Cl)c3ccccc23)cc1.COc1ccc(-c2nnc(Nc3ccc(C(=O)O)cc3)c3ccccc23)cc1.Clc1nnc(Cl)c2ccccc12.Nc1ccccc1. The van der Waals surface area contributed by atoms with Gasteiger partial charge >= 0.3 is 23.9 Å². The van der Waals surface area contributed by atoms with Crippen LogP contribution in [-0.4, -0.2) is 104 Å². The number of methoxy groups -OCH3 is 2. The second-order valence-corrected chi connectivity index (χ2v) is 27.0. The summed E-state index contributed by atoms with van der Waals surface area (Å²) >= 11 is 17.7. The molecule has 0 unspecified atom stereocenters. The number of nitrogens with zero attached hydrogens (tertiary/aromatic N) is 8. The summed E-state index contributed by atoms with van der Waals surface area (Å²) in [4.78, 5) is 46.4. The summed E-state index contributed by atoms with van der Waals surface area (Å²) < 4.78 is 26.0. The van der Waals surface area contributed by atoms with Gasteiger partial charge in [-0.15, -0.1) is 40.8 Å². The zero-order valence-corrected chi connectivity index (χ0v) is 67.6. The molecule has 0 bridgehead atoms. The predicted molar refractivity (Wildman–Crippen MR) is 471 cm³/mol. The molecule has 8 N–H and O–H groups in total. The first-order valence-corrected chi connectivity index (χ1v) is 38.9. The van der Waals surface area contributed by atoms with Gasteiger partial charge < -0.3 is 56.2 Å². The van der Waals surface area contributed by atoms with E-state index in [1.54, 1.807) is 87.0 Å². The van der Waals surface area contributed by atoms with Gasteiger partial charge in [0.1, 0.15) is 22.9 Å². The fourth-order valence-electron chi connectivity index (χ4n) is 11.3. The maximum atomic E-state index is 12.1. The van der Waals surface area contributed by atoms with Gasteiger partial charge in [-0.1, -0.05) is 190 Å². The largest absolute Gasteiger partial charge is 0.497 e. The van der Waals surface area contributed by atoms with E-state index in [0.29, 0.717) is 75.1 Å². The third-order valence-electron chi connectivity index (χ3n) is 17.6. The Labute approximate surface area is 697 Å². The normalized spacial score (nSPS) is 10.4. The Bertz CT molecular complexity index is 5750. The van der Waals surface area contributed by atoms with Crippen LogP contribution < -0.4 is 36.9 Å². The molecule has 600 valence electrons. The Balaban J connectivity index is 0.000000157. The first-order valence-electron chi connectivity index (χ1n) is 37.7. The second-order valence-electron chi connectivity index (χ2n) is 26.0. The molecule has 0 aliphatic carbocycles. The number of ether oxygens (including phenoxy) is 5. The molecule has 0 atom stereocenters. The number of carbonyl (C=O) groups excluding carboxylic acids is 3. The van der Waals surface area contributed by atoms with E-state index in [9.17, 15) is 19.2 Å². The number of anilines is 8. The number of nitrogens with one attached hydrogen (secondary N) is 3. The van der Waals surface area contributed by atoms with Crippen LogP contribution in [0.4, 0.5) is 45.9 Å². The number of nitrogens with two attached hydrogens (primary N) is 2. The summed E-state index contributed by atoms with van der Waals surface area (Å²) in [6, 6.07) is 83.4. The van der Waals surface area contributed by atoms with E-state index in [2.05, 4.69) is 77.5 Å². The molecule has 15 rings (SSSR count). The molecule has 0 aliphatic heterocycles. The minimum Gasteiger partial charge on any atom is -0.497 e. The van der Waals surface area contributed by atoms with Gasteiger partial charge in [-0.05, 0) is 177 Å². The topological polar surface area (TPSA) is 326 Å². The van der Waals surface area contributed by atoms with Crippen LogP contribution in [0.25, 0.3) is 65.6 Å². The van der Waals surface area contributed by atoms with E-state index in [0.717, 1.165) is 138 Å². The van der Waals surface area contributed by atoms with Gasteiger partial charge in [0.2, 0.25) is 0 Å². The molecule has 118 heavy (non-hydrogen) atoms. The number of para-hydroxylation sites is 1. The first kappa shape index (κ1) is 86.5. The number of aromatic nitrogens is 8. The number of aromatic carboxylic acids is 1. The smallest absolute Gasteiger partial charge is 0.338 e. The summed E-state index contributed by atoms with van der Waals surface area (Å²) in [6.45, 7) is 7.54. The summed E-state index contributed by atoms with van der Waals surface area (Å²) in [7, 11) is 3.28. The molecule has 4 heterocycles. The van der Waals surface area contributed by atoms with Gasteiger partial charge in [0.25, 0.3) is 0 Å². The summed E-state index contributed by atoms with van der Waals surface area (Å²) in [6.07, 6.45) is 5.64. The quantitative estimate of drug-likeness (QED) is 0.0150. The third-order valence-corrected chi connectivity index (χ3v) is 18.5. The lowest BCUT2D eigenvalue weighted by molar-refractivity contribution is 0.0490. The lowest BCUT2D eigenvalue weighted by atomic mass is 10.0. The zero-order chi connectivity index (χ0) is 83.6. The van der Waals surface area contributed by atoms with Crippen molar-refractivity contribution in [1.29, 1.82) is 0 Å². The van der Waals surface area contributed by atoms with Crippen molar-refractivity contribution in [3.8, 4) is 34.0 Å². The van der Waals surface area contributed by atoms with E-state index in [4.69, 9.17) is 75.1 Å². The van der Waals surface area contributed by atoms with Crippen molar-refractivity contribution in [3.63, 3.8) is 0 Å². The van der Waals surface area contributed by atoms with Crippen molar-refractivity contribution in [3.05, 3.63) is 311 Å². The number of esters is 3. The number of nitrogen functional groups attached to an aromatic ring is 2. The van der Waals surface area contributed by atoms with Crippen LogP contribution in [0.5, 0.6) is 11.5 Å². The van der Waals surface area contributed by atoms with Crippen LogP contribution in [0.15, 0.2) is 273 Å². The Morgan fingerprint density at radius 3 is 0.907 bits per heavy atom. The molecule has 11 aromatic carbocycles. The first-order chi connectivity index (χ1) is 57.4. The highest BCUT2D eigenvalue weighted by Gasteiger charge is 2.17. The fraction of sp³-hybridized carbons (Fsp3) is 0.152. The van der Waals surface area contributed by atoms with E-state index in [1.165, 1.54) is 0 Å². The van der Waals surface area contributed by atoms with Crippen LogP contribution in [-0.2, 0) is 14.2 Å². The molecule has 0 aliphatic rings. The van der Waals surface area contributed by atoms with Crippen molar-refractivity contribution in [2.45, 2.75) is 59.3 Å². The number of carboxylic acid groups (broad SMARTS) is 1. The van der Waals surface area contributed by atoms with E-state index in [-0.39, 0.29) is 23.5 Å². The lowest BCUT2D eigenvalue weighted by Gasteiger charge is -2.12. The molecule has 0 saturated carbocycles. The minimum absolute atomic E-state index is 0.233. The number of hydrogen-bond acceptors (Lipinski definition) is 22. The van der Waals surface area contributed by atoms with Crippen molar-refractivity contribution in [2.24, 2.45) is 0 Å². The highest BCUT2D eigenvalue weighted by molar-refractivity contribution is 6.38. The lowest BCUT2D eigenvalue weighted by Crippen LogP contribution is -2.06. The van der Waals surface area contributed by atoms with E-state index in [1.807, 2.05) is 200 Å². The number of unbranched alkanes of at least 4 members (excludes halogenated alkanes) is 3. The van der Waals surface area contributed by atoms with Gasteiger partial charge in [-0.25, -0.2) is 19.2 Å². The van der Waals surface area contributed by atoms with Crippen molar-refractivity contribution in [2.75, 3.05) is 61.5 Å². The number of carboxylic acids is 1. The second kappa shape index (κ2) is 44.7. The molecule has 4 aromatic heterocycles. The number of benzene rings is 11. The Morgan fingerprint density at radius 2 is 0.593 bits per heavy atom. The van der Waals surface area contributed by atoms with Crippen molar-refractivity contribution in [1.82, 2.24) is 40.8 Å². The molecular weight excluding hydrogens is 1550 g/mol. The Hall–Kier alpha value is -13.9. The monoisotopic (exact) mass is 1640 g/mol. The maximum absolute atomic E-state index is 12.1. The number of fused-ring (bicyclic) bond motifs is 4. The number of hydrogen-bond donors (Lipinski definition) is 6. The molecule has 0 radical (unpaired) electrons. The van der Waals surface area contributed by atoms with Gasteiger partial charge in [0.15, 0.2) is 32.9 Å². The summed E-state index contributed by atoms with van der Waals surface area (Å²) in [5.74, 6) is 1.59. The van der Waals surface area contributed by atoms with Crippen molar-refractivity contribution >= 4 is 148 Å². The van der Waals surface area contributed by atoms with Crippen LogP contribution >= 0.6 is 34.8 Å². The molecule has 23 nitrogen and oxygen atoms in total. The molecule has 0 amide bonds. The molecule has 0 saturated heterocycles. The average Bonchev–Trinajstić information content (AvgIpc) is 0.792. The molecule has 0 fully saturated rings. The maximum Gasteiger partial charge on any atom is 0.338 e. The van der Waals surface area contributed by atoms with Crippen LogP contribution in [0.3, 0.4) is 0 Å². The highest BCUT2D eigenvalue weighted by atomic mass is 35.5. The number of halogens is 3. The molecule has 26 heteroatoms. The average molecular weight is 1640 g/mol. The van der Waals surface area contributed by atoms with E-state index >= 15 is 0 Å². The fourth-order valence-corrected chi connectivity index (χ4v) is 11.9. The van der Waals surface area contributed by atoms with Crippen LogP contribution in [0, 0.1) is 0 Å². The van der Waals surface area contributed by atoms with Gasteiger partial charge in [0, 0.05) is 82.7 Å². The van der Waals surface area contributed by atoms with Crippen molar-refractivity contribution < 1.29 is 48.0 Å². The summed E-state index contributed by atoms with van der Waals surface area (Å²) in [5.41, 5.74) is 20.0. The summed E-state index contributed by atoms with van der Waals surface area (Å²) in [5, 5.41) is 60.3. The predicted octanol–water partition coefficient (Wildman–Crippen LogP) is 22.2. The number of rotatable bonds is 23. The van der Waals surface area contributed by atoms with Crippen LogP contribution in [0.2, 0.25) is 15.5 Å². The molecule has 15 aromatic rings. The van der Waals surface area contributed by atoms with Gasteiger partial charge in [-0.3, -0.25) is 0 Å². The number of carbonyl (C=O) groups is 4. The van der Waals surface area contributed by atoms with E-state index < -0.39 is 5.97 Å². The molecular formula is C92H86Cl3N13O10. The third kappa shape index (κ3) is 24.8. The minimum atomic E-state index is -0.958. The standard InChI is InChI=1S/C26H25N3O3.C22H17N3O3.C19H18ClN3O2.C11H15NO2.C8H4Cl2N2.C6H7N/c1-3-4-17-32-26(30)19-9-13-20(14-10-19)27-25-23-8-6-5-7-22(23)24(28-29-25)18-11-15-21(31-2)16-12-18;1-28-17-12-8-14(9-13-17)20-18-4-2-3-5-19(18)21(25-24-20)23-16-10-6-15(7-11-16)22(26)27;1-2-3-12-25-19(24)13-8-10-14(11-9-13)21-18-16-7-5-4-6-15(16)17(20)22-23-18;1-2-3-8-14-11(13)9-4-6-10(12)7-5-9;9-7-5-3-1-2-4-6(5)8(10)12-11-7;7-6-4-2-1-3-5-6/h5-16H,3-4,17H2,1-2H3,(H,27,29);2-13H,1H3,(H,23,25)(H,26,27);4-11H,2-3,12H2,1H3,(H,21,23);4-7H,2-3,8,12H2,1H3;1-4H;1-5H,7H2. The van der Waals surface area contributed by atoms with Crippen LogP contribution in [0.1, 0.15) is 101 Å². The zero-order valence-electron chi connectivity index (χ0n) is 65.3. The highest BCUT2D eigenvalue weighted by Crippen LogP contribution is 2.35. The van der Waals surface area contributed by atoms with Gasteiger partial charge in [0.05, 0.1) is 56.3 Å². The Morgan fingerprint density at radius 1 is 0.322 bits per heavy atom.